The van der Waals surface area contributed by atoms with Crippen molar-refractivity contribution in [2.24, 2.45) is 0 Å². The number of carbonyl (C=O) groups excluding carboxylic acids is 1. The molecule has 0 saturated carbocycles. The van der Waals surface area contributed by atoms with E-state index in [4.69, 9.17) is 9.15 Å². The molecule has 1 aliphatic rings. The molecule has 154 valence electrons. The van der Waals surface area contributed by atoms with Crippen molar-refractivity contribution >= 4 is 23.3 Å². The summed E-state index contributed by atoms with van der Waals surface area (Å²) in [7, 11) is 0. The lowest BCUT2D eigenvalue weighted by atomic mass is 9.98. The zero-order valence-electron chi connectivity index (χ0n) is 17.2. The third-order valence-corrected chi connectivity index (χ3v) is 5.54. The maximum atomic E-state index is 12.2. The Kier molecular flexibility index (Phi) is 5.00. The van der Waals surface area contributed by atoms with E-state index in [1.165, 1.54) is 22.3 Å². The number of aromatic nitrogens is 1. The molecule has 0 bridgehead atoms. The molecule has 0 unspecified atom stereocenters. The summed E-state index contributed by atoms with van der Waals surface area (Å²) < 4.78 is 11.1. The van der Waals surface area contributed by atoms with E-state index in [0.717, 1.165) is 16.7 Å². The lowest BCUT2D eigenvalue weighted by Crippen LogP contribution is -2.26. The number of carbonyl (C=O) groups is 1. The van der Waals surface area contributed by atoms with E-state index < -0.39 is 6.09 Å². The van der Waals surface area contributed by atoms with E-state index in [1.807, 2.05) is 61.5 Å². The van der Waals surface area contributed by atoms with Gasteiger partial charge in [0.15, 0.2) is 11.5 Å². The van der Waals surface area contributed by atoms with Crippen LogP contribution in [0.15, 0.2) is 77.2 Å². The van der Waals surface area contributed by atoms with Crippen molar-refractivity contribution in [3.05, 3.63) is 95.4 Å². The molecule has 5 nitrogen and oxygen atoms in total. The number of hydrogen-bond donors (Lipinski definition) is 1. The second-order valence-corrected chi connectivity index (χ2v) is 7.57. The molecule has 31 heavy (non-hydrogen) atoms. The number of nitrogens with zero attached hydrogens (tertiary/aromatic N) is 1. The normalized spacial score (nSPS) is 12.8. The first-order chi connectivity index (χ1) is 15.2. The van der Waals surface area contributed by atoms with E-state index in [2.05, 4.69) is 34.6 Å². The molecule has 1 amide bonds. The molecule has 5 rings (SSSR count). The molecule has 5 heteroatoms. The fourth-order valence-corrected chi connectivity index (χ4v) is 4.15. The second-order valence-electron chi connectivity index (χ2n) is 7.57. The van der Waals surface area contributed by atoms with Gasteiger partial charge in [-0.15, -0.1) is 0 Å². The first kappa shape index (κ1) is 19.1. The van der Waals surface area contributed by atoms with Gasteiger partial charge in [0.2, 0.25) is 0 Å². The number of aryl methyl sites for hydroxylation is 1. The van der Waals surface area contributed by atoms with Gasteiger partial charge in [-0.1, -0.05) is 66.7 Å². The smallest absolute Gasteiger partial charge is 0.407 e. The summed E-state index contributed by atoms with van der Waals surface area (Å²) in [5.74, 6) is 0.707. The number of benzene rings is 3. The third-order valence-electron chi connectivity index (χ3n) is 5.54. The quantitative estimate of drug-likeness (QED) is 0.459. The minimum atomic E-state index is -0.423. The van der Waals surface area contributed by atoms with Crippen LogP contribution in [0.5, 0.6) is 0 Å². The summed E-state index contributed by atoms with van der Waals surface area (Å²) >= 11 is 0. The van der Waals surface area contributed by atoms with E-state index in [1.54, 1.807) is 0 Å². The number of alkyl carbamates (subject to hydrolysis) is 1. The van der Waals surface area contributed by atoms with Gasteiger partial charge in [-0.05, 0) is 39.9 Å². The van der Waals surface area contributed by atoms with Gasteiger partial charge in [-0.25, -0.2) is 9.78 Å². The van der Waals surface area contributed by atoms with Crippen LogP contribution in [0.1, 0.15) is 28.5 Å². The van der Waals surface area contributed by atoms with Crippen molar-refractivity contribution in [2.75, 3.05) is 13.2 Å². The maximum absolute atomic E-state index is 12.2. The fraction of sp³-hybridized carbons (Fsp3) is 0.154. The summed E-state index contributed by atoms with van der Waals surface area (Å²) in [6.07, 6.45) is 3.39. The molecular weight excluding hydrogens is 388 g/mol. The number of ether oxygens (including phenoxy) is 1. The molecule has 4 aromatic rings. The van der Waals surface area contributed by atoms with Gasteiger partial charge in [0, 0.05) is 19.4 Å². The molecule has 0 fully saturated rings. The first-order valence-corrected chi connectivity index (χ1v) is 10.3. The summed E-state index contributed by atoms with van der Waals surface area (Å²) in [5.41, 5.74) is 7.42. The highest BCUT2D eigenvalue weighted by Crippen LogP contribution is 2.44. The van der Waals surface area contributed by atoms with Crippen LogP contribution >= 0.6 is 0 Å². The average Bonchev–Trinajstić information content (AvgIpc) is 3.32. The lowest BCUT2D eigenvalue weighted by molar-refractivity contribution is 0.144. The molecule has 0 saturated heterocycles. The molecule has 0 spiro atoms. The van der Waals surface area contributed by atoms with Crippen LogP contribution < -0.4 is 5.32 Å². The molecule has 1 heterocycles. The molecule has 1 N–H and O–H groups in total. The standard InChI is InChI=1S/C26H22N2O3/c1-17-28-24-13-12-18(15-25(24)31-17)7-6-14-27-26(29)30-16-23-21-10-4-2-8-19(21)20-9-3-5-11-22(20)23/h2-13,15,23H,14,16H2,1H3,(H,27,29). The second kappa shape index (κ2) is 8.11. The van der Waals surface area contributed by atoms with Crippen molar-refractivity contribution in [3.8, 4) is 11.1 Å². The van der Waals surface area contributed by atoms with Gasteiger partial charge in [-0.2, -0.15) is 0 Å². The summed E-state index contributed by atoms with van der Waals surface area (Å²) in [6.45, 7) is 2.52. The summed E-state index contributed by atoms with van der Waals surface area (Å²) in [4.78, 5) is 16.5. The van der Waals surface area contributed by atoms with E-state index in [-0.39, 0.29) is 5.92 Å². The third kappa shape index (κ3) is 3.82. The SMILES string of the molecule is Cc1nc2ccc(C=CCNC(=O)OCC3c4ccccc4-c4ccccc43)cc2o1. The summed E-state index contributed by atoms with van der Waals surface area (Å²) in [5, 5.41) is 2.78. The zero-order valence-corrected chi connectivity index (χ0v) is 17.2. The monoisotopic (exact) mass is 410 g/mol. The minimum Gasteiger partial charge on any atom is -0.449 e. The minimum absolute atomic E-state index is 0.0609. The largest absolute Gasteiger partial charge is 0.449 e. The lowest BCUT2D eigenvalue weighted by Gasteiger charge is -2.14. The maximum Gasteiger partial charge on any atom is 0.407 e. The van der Waals surface area contributed by atoms with Gasteiger partial charge >= 0.3 is 6.09 Å². The Morgan fingerprint density at radius 1 is 1.06 bits per heavy atom. The van der Waals surface area contributed by atoms with Gasteiger partial charge in [0.1, 0.15) is 12.1 Å². The van der Waals surface area contributed by atoms with Crippen molar-refractivity contribution in [3.63, 3.8) is 0 Å². The number of hydrogen-bond acceptors (Lipinski definition) is 4. The topological polar surface area (TPSA) is 64.4 Å². The molecular formula is C26H22N2O3. The van der Waals surface area contributed by atoms with Crippen LogP contribution in [0.3, 0.4) is 0 Å². The predicted octanol–water partition coefficient (Wildman–Crippen LogP) is 5.69. The number of oxazole rings is 1. The number of amides is 1. The highest BCUT2D eigenvalue weighted by Gasteiger charge is 2.28. The fourth-order valence-electron chi connectivity index (χ4n) is 4.15. The van der Waals surface area contributed by atoms with Gasteiger partial charge < -0.3 is 14.5 Å². The average molecular weight is 410 g/mol. The van der Waals surface area contributed by atoms with Gasteiger partial charge in [0.25, 0.3) is 0 Å². The van der Waals surface area contributed by atoms with Gasteiger partial charge in [-0.3, -0.25) is 0 Å². The Labute approximate surface area is 180 Å². The molecule has 0 aliphatic heterocycles. The van der Waals surface area contributed by atoms with Gasteiger partial charge in [0.05, 0.1) is 0 Å². The molecule has 3 aromatic carbocycles. The van der Waals surface area contributed by atoms with E-state index in [0.29, 0.717) is 19.0 Å². The number of nitrogens with one attached hydrogen (secondary N) is 1. The van der Waals surface area contributed by atoms with Crippen molar-refractivity contribution < 1.29 is 13.9 Å². The molecule has 0 radical (unpaired) electrons. The zero-order chi connectivity index (χ0) is 21.2. The van der Waals surface area contributed by atoms with Crippen molar-refractivity contribution in [1.82, 2.24) is 10.3 Å². The van der Waals surface area contributed by atoms with Crippen molar-refractivity contribution in [2.45, 2.75) is 12.8 Å². The highest BCUT2D eigenvalue weighted by molar-refractivity contribution is 5.79. The van der Waals surface area contributed by atoms with E-state index in [9.17, 15) is 4.79 Å². The number of rotatable bonds is 5. The van der Waals surface area contributed by atoms with Crippen LogP contribution in [0, 0.1) is 6.92 Å². The van der Waals surface area contributed by atoms with E-state index >= 15 is 0 Å². The van der Waals surface area contributed by atoms with Crippen molar-refractivity contribution in [1.29, 1.82) is 0 Å². The van der Waals surface area contributed by atoms with Crippen LogP contribution in [0.25, 0.3) is 28.3 Å². The van der Waals surface area contributed by atoms with Crippen LogP contribution in [-0.4, -0.2) is 24.2 Å². The Morgan fingerprint density at radius 3 is 2.52 bits per heavy atom. The summed E-state index contributed by atoms with van der Waals surface area (Å²) in [6, 6.07) is 22.4. The highest BCUT2D eigenvalue weighted by atomic mass is 16.5. The molecule has 1 aromatic heterocycles. The van der Waals surface area contributed by atoms with Crippen LogP contribution in [-0.2, 0) is 4.74 Å². The Morgan fingerprint density at radius 2 is 1.77 bits per heavy atom. The van der Waals surface area contributed by atoms with Crippen LogP contribution in [0.2, 0.25) is 0 Å². The molecule has 0 atom stereocenters. The predicted molar refractivity (Wildman–Crippen MR) is 121 cm³/mol. The molecule has 1 aliphatic carbocycles. The Hall–Kier alpha value is -3.86. The number of fused-ring (bicyclic) bond motifs is 4. The first-order valence-electron chi connectivity index (χ1n) is 10.3. The van der Waals surface area contributed by atoms with Crippen LogP contribution in [0.4, 0.5) is 4.79 Å². The Bertz CT molecular complexity index is 1240. The Balaban J connectivity index is 1.17.